The molecule has 1 aliphatic rings. The molecule has 2 rings (SSSR count). The Morgan fingerprint density at radius 2 is 2.12 bits per heavy atom. The minimum absolute atomic E-state index is 0.151. The van der Waals surface area contributed by atoms with E-state index in [2.05, 4.69) is 22.6 Å². The minimum Gasteiger partial charge on any atom is -0.338 e. The first-order valence-corrected chi connectivity index (χ1v) is 7.43. The molecule has 1 aliphatic heterocycles. The van der Waals surface area contributed by atoms with Crippen molar-refractivity contribution in [2.24, 2.45) is 5.92 Å². The molecule has 0 bridgehead atoms. The zero-order chi connectivity index (χ0) is 12.3. The predicted octanol–water partition coefficient (Wildman–Crippen LogP) is 3.38. The van der Waals surface area contributed by atoms with Gasteiger partial charge in [-0.3, -0.25) is 4.79 Å². The zero-order valence-electron chi connectivity index (χ0n) is 9.53. The third-order valence-corrected chi connectivity index (χ3v) is 4.12. The fraction of sp³-hybridized carbons (Fsp3) is 0.462. The summed E-state index contributed by atoms with van der Waals surface area (Å²) in [5, 5.41) is 0. The summed E-state index contributed by atoms with van der Waals surface area (Å²) >= 11 is 7.98. The molecule has 0 saturated carbocycles. The van der Waals surface area contributed by atoms with Crippen molar-refractivity contribution in [1.82, 2.24) is 4.90 Å². The van der Waals surface area contributed by atoms with Gasteiger partial charge in [0.15, 0.2) is 0 Å². The molecule has 17 heavy (non-hydrogen) atoms. The average Bonchev–Trinajstić information content (AvgIpc) is 2.78. The summed E-state index contributed by atoms with van der Waals surface area (Å²) in [6, 6.07) is 7.75. The van der Waals surface area contributed by atoms with Gasteiger partial charge in [0.2, 0.25) is 0 Å². The van der Waals surface area contributed by atoms with E-state index in [4.69, 9.17) is 11.6 Å². The van der Waals surface area contributed by atoms with Gasteiger partial charge < -0.3 is 4.90 Å². The van der Waals surface area contributed by atoms with Gasteiger partial charge in [-0.25, -0.2) is 0 Å². The Labute approximate surface area is 120 Å². The van der Waals surface area contributed by atoms with E-state index in [1.807, 2.05) is 29.2 Å². The molecule has 0 aliphatic carbocycles. The lowest BCUT2D eigenvalue weighted by Crippen LogP contribution is -2.28. The molecule has 1 heterocycles. The third kappa shape index (κ3) is 3.35. The molecule has 2 nitrogen and oxygen atoms in total. The highest BCUT2D eigenvalue weighted by Crippen LogP contribution is 2.22. The number of hydrogen-bond donors (Lipinski definition) is 0. The first-order chi connectivity index (χ1) is 8.20. The fourth-order valence-electron chi connectivity index (χ4n) is 2.18. The van der Waals surface area contributed by atoms with Gasteiger partial charge in [0.25, 0.3) is 5.91 Å². The lowest BCUT2D eigenvalue weighted by atomic mass is 10.1. The second kappa shape index (κ2) is 6.05. The van der Waals surface area contributed by atoms with E-state index in [0.717, 1.165) is 35.1 Å². The number of nitrogens with zero attached hydrogens (tertiary/aromatic N) is 1. The highest BCUT2D eigenvalue weighted by molar-refractivity contribution is 14.1. The number of halogens is 2. The largest absolute Gasteiger partial charge is 0.338 e. The summed E-state index contributed by atoms with van der Waals surface area (Å²) in [5.41, 5.74) is 0.789. The zero-order valence-corrected chi connectivity index (χ0v) is 12.4. The summed E-state index contributed by atoms with van der Waals surface area (Å²) in [6.07, 6.45) is 2.10. The maximum atomic E-state index is 12.2. The molecule has 0 N–H and O–H groups in total. The van der Waals surface area contributed by atoms with E-state index < -0.39 is 0 Å². The van der Waals surface area contributed by atoms with Crippen molar-refractivity contribution in [2.45, 2.75) is 12.8 Å². The number of benzene rings is 1. The normalized spacial score (nSPS) is 19.6. The number of carbonyl (C=O) groups is 1. The van der Waals surface area contributed by atoms with E-state index in [9.17, 15) is 4.79 Å². The van der Waals surface area contributed by atoms with E-state index in [-0.39, 0.29) is 5.91 Å². The molecule has 4 heteroatoms. The van der Waals surface area contributed by atoms with Crippen molar-refractivity contribution in [2.75, 3.05) is 19.0 Å². The van der Waals surface area contributed by atoms with Gasteiger partial charge in [-0.05, 0) is 65.6 Å². The van der Waals surface area contributed by atoms with Crippen molar-refractivity contribution >= 4 is 40.1 Å². The van der Waals surface area contributed by atoms with E-state index >= 15 is 0 Å². The van der Waals surface area contributed by atoms with Gasteiger partial charge in [0.1, 0.15) is 0 Å². The smallest absolute Gasteiger partial charge is 0.253 e. The maximum Gasteiger partial charge on any atom is 0.253 e. The SMILES string of the molecule is O=C(c1ccc(I)cc1)N1CCC(CCCl)C1. The van der Waals surface area contributed by atoms with Crippen molar-refractivity contribution in [3.8, 4) is 0 Å². The highest BCUT2D eigenvalue weighted by Gasteiger charge is 2.26. The van der Waals surface area contributed by atoms with Gasteiger partial charge >= 0.3 is 0 Å². The Kier molecular flexibility index (Phi) is 4.68. The Balaban J connectivity index is 1.99. The Bertz CT molecular complexity index is 393. The monoisotopic (exact) mass is 363 g/mol. The van der Waals surface area contributed by atoms with Gasteiger partial charge in [0.05, 0.1) is 0 Å². The van der Waals surface area contributed by atoms with Crippen LogP contribution in [0.4, 0.5) is 0 Å². The second-order valence-corrected chi connectivity index (χ2v) is 6.01. The summed E-state index contributed by atoms with van der Waals surface area (Å²) in [7, 11) is 0. The molecule has 1 aromatic rings. The number of carbonyl (C=O) groups excluding carboxylic acids is 1. The standard InChI is InChI=1S/C13H15ClINO/c14-7-5-10-6-8-16(9-10)13(17)11-1-3-12(15)4-2-11/h1-4,10H,5-9H2. The van der Waals surface area contributed by atoms with Crippen molar-refractivity contribution in [3.05, 3.63) is 33.4 Å². The molecule has 0 spiro atoms. The quantitative estimate of drug-likeness (QED) is 0.595. The van der Waals surface area contributed by atoms with Crippen LogP contribution in [0.3, 0.4) is 0 Å². The van der Waals surface area contributed by atoms with Crippen LogP contribution in [0.1, 0.15) is 23.2 Å². The minimum atomic E-state index is 0.151. The fourth-order valence-corrected chi connectivity index (χ4v) is 2.85. The molecule has 1 unspecified atom stereocenters. The second-order valence-electron chi connectivity index (χ2n) is 4.39. The van der Waals surface area contributed by atoms with Crippen LogP contribution in [-0.4, -0.2) is 29.8 Å². The van der Waals surface area contributed by atoms with Crippen LogP contribution >= 0.6 is 34.2 Å². The number of amides is 1. The molecule has 0 radical (unpaired) electrons. The number of hydrogen-bond acceptors (Lipinski definition) is 1. The van der Waals surface area contributed by atoms with E-state index in [1.54, 1.807) is 0 Å². The van der Waals surface area contributed by atoms with Crippen molar-refractivity contribution < 1.29 is 4.79 Å². The molecular weight excluding hydrogens is 349 g/mol. The third-order valence-electron chi connectivity index (χ3n) is 3.18. The Morgan fingerprint density at radius 3 is 2.76 bits per heavy atom. The van der Waals surface area contributed by atoms with Crippen molar-refractivity contribution in [1.29, 1.82) is 0 Å². The van der Waals surface area contributed by atoms with Gasteiger partial charge in [-0.1, -0.05) is 0 Å². The molecule has 1 atom stereocenters. The van der Waals surface area contributed by atoms with Crippen LogP contribution in [-0.2, 0) is 0 Å². The average molecular weight is 364 g/mol. The molecule has 0 aromatic heterocycles. The number of alkyl halides is 1. The number of likely N-dealkylation sites (tertiary alicyclic amines) is 1. The van der Waals surface area contributed by atoms with E-state index in [0.29, 0.717) is 11.8 Å². The molecule has 1 amide bonds. The van der Waals surface area contributed by atoms with Crippen LogP contribution in [0.5, 0.6) is 0 Å². The molecule has 92 valence electrons. The van der Waals surface area contributed by atoms with Crippen LogP contribution in [0.15, 0.2) is 24.3 Å². The Morgan fingerprint density at radius 1 is 1.41 bits per heavy atom. The van der Waals surface area contributed by atoms with Crippen LogP contribution in [0.2, 0.25) is 0 Å². The lowest BCUT2D eigenvalue weighted by Gasteiger charge is -2.16. The maximum absolute atomic E-state index is 12.2. The van der Waals surface area contributed by atoms with Gasteiger partial charge in [-0.15, -0.1) is 11.6 Å². The molecule has 1 fully saturated rings. The lowest BCUT2D eigenvalue weighted by molar-refractivity contribution is 0.0787. The van der Waals surface area contributed by atoms with Crippen LogP contribution < -0.4 is 0 Å². The predicted molar refractivity (Wildman–Crippen MR) is 78.5 cm³/mol. The first-order valence-electron chi connectivity index (χ1n) is 5.81. The van der Waals surface area contributed by atoms with E-state index in [1.165, 1.54) is 0 Å². The first kappa shape index (κ1) is 13.1. The Hall–Kier alpha value is -0.290. The van der Waals surface area contributed by atoms with Crippen molar-refractivity contribution in [3.63, 3.8) is 0 Å². The summed E-state index contributed by atoms with van der Waals surface area (Å²) in [5.74, 6) is 1.43. The molecule has 1 saturated heterocycles. The van der Waals surface area contributed by atoms with Crippen LogP contribution in [0.25, 0.3) is 0 Å². The molecular formula is C13H15ClINO. The number of rotatable bonds is 3. The summed E-state index contributed by atoms with van der Waals surface area (Å²) < 4.78 is 1.15. The van der Waals surface area contributed by atoms with Gasteiger partial charge in [0, 0.05) is 28.1 Å². The summed E-state index contributed by atoms with van der Waals surface area (Å²) in [4.78, 5) is 14.1. The molecule has 1 aromatic carbocycles. The highest BCUT2D eigenvalue weighted by atomic mass is 127. The summed E-state index contributed by atoms with van der Waals surface area (Å²) in [6.45, 7) is 1.73. The van der Waals surface area contributed by atoms with Gasteiger partial charge in [-0.2, -0.15) is 0 Å². The topological polar surface area (TPSA) is 20.3 Å². The van der Waals surface area contributed by atoms with Crippen LogP contribution in [0, 0.1) is 9.49 Å².